The maximum absolute atomic E-state index is 14.1. The molecule has 0 bridgehead atoms. The maximum atomic E-state index is 14.1. The van der Waals surface area contributed by atoms with Gasteiger partial charge in [0, 0.05) is 24.8 Å². The highest BCUT2D eigenvalue weighted by atomic mass is 16.5. The van der Waals surface area contributed by atoms with Crippen molar-refractivity contribution in [1.29, 1.82) is 0 Å². The van der Waals surface area contributed by atoms with Crippen LogP contribution >= 0.6 is 0 Å². The Morgan fingerprint density at radius 1 is 0.918 bits per heavy atom. The van der Waals surface area contributed by atoms with Gasteiger partial charge in [0.1, 0.15) is 11.3 Å². The fraction of sp³-hybridized carbons (Fsp3) is 0.421. The molecule has 1 heterocycles. The van der Waals surface area contributed by atoms with Crippen molar-refractivity contribution in [3.63, 3.8) is 0 Å². The molecule has 262 valence electrons. The monoisotopic (exact) mass is 671 g/mol. The van der Waals surface area contributed by atoms with Crippen LogP contribution in [0.2, 0.25) is 0 Å². The van der Waals surface area contributed by atoms with Crippen LogP contribution in [0, 0.1) is 12.8 Å². The molecule has 1 aliphatic rings. The van der Waals surface area contributed by atoms with Gasteiger partial charge in [-0.1, -0.05) is 68.4 Å². The molecule has 1 saturated heterocycles. The first-order valence-electron chi connectivity index (χ1n) is 16.7. The molecule has 0 aromatic heterocycles. The average molecular weight is 672 g/mol. The molecular weight excluding hydrogens is 622 g/mol. The maximum Gasteiger partial charge on any atom is 0.328 e. The minimum Gasteiger partial charge on any atom is -0.495 e. The summed E-state index contributed by atoms with van der Waals surface area (Å²) in [7, 11) is 1.51. The van der Waals surface area contributed by atoms with Crippen LogP contribution in [-0.4, -0.2) is 65.6 Å². The predicted octanol–water partition coefficient (Wildman–Crippen LogP) is 6.89. The SMILES string of the molecule is CCOC(=O)CC(NCC(CC(C)C)N1C(=O)N(Cc2ccc(NC(=O)Nc3ccccc3C)c(OC)c2)C(C)(C)C1=O)c1ccccc1. The lowest BCUT2D eigenvalue weighted by atomic mass is 9.98. The minimum absolute atomic E-state index is 0.117. The highest BCUT2D eigenvalue weighted by molar-refractivity contribution is 6.07. The number of hydrogen-bond donors (Lipinski definition) is 3. The van der Waals surface area contributed by atoms with E-state index >= 15 is 0 Å². The number of hydrogen-bond acceptors (Lipinski definition) is 7. The molecule has 1 fully saturated rings. The first kappa shape index (κ1) is 36.9. The van der Waals surface area contributed by atoms with Crippen LogP contribution in [0.25, 0.3) is 0 Å². The van der Waals surface area contributed by atoms with Gasteiger partial charge < -0.3 is 30.3 Å². The van der Waals surface area contributed by atoms with Crippen LogP contribution in [0.4, 0.5) is 21.0 Å². The van der Waals surface area contributed by atoms with Crippen molar-refractivity contribution in [1.82, 2.24) is 15.1 Å². The van der Waals surface area contributed by atoms with E-state index in [1.54, 1.807) is 43.9 Å². The van der Waals surface area contributed by atoms with E-state index in [4.69, 9.17) is 9.47 Å². The van der Waals surface area contributed by atoms with Gasteiger partial charge in [0.15, 0.2) is 0 Å². The summed E-state index contributed by atoms with van der Waals surface area (Å²) in [6.07, 6.45) is 0.695. The number of nitrogens with one attached hydrogen (secondary N) is 3. The van der Waals surface area contributed by atoms with E-state index in [9.17, 15) is 19.2 Å². The molecule has 11 nitrogen and oxygen atoms in total. The standard InChI is InChI=1S/C38H49N5O6/c1-8-49-34(44)22-32(28-15-10-9-11-16-28)39-23-29(20-25(2)3)43-35(45)38(5,6)42(37(43)47)24-27-18-19-31(33(21-27)48-7)41-36(46)40-30-17-13-12-14-26(30)4/h9-19,21,25,29,32,39H,8,20,22-24H2,1-7H3,(H2,40,41,46). The molecule has 5 amide bonds. The van der Waals surface area contributed by atoms with Crippen LogP contribution in [0.3, 0.4) is 0 Å². The zero-order valence-corrected chi connectivity index (χ0v) is 29.5. The number of carbonyl (C=O) groups is 4. The van der Waals surface area contributed by atoms with Crippen LogP contribution in [0.5, 0.6) is 5.75 Å². The largest absolute Gasteiger partial charge is 0.495 e. The molecule has 2 unspecified atom stereocenters. The number of urea groups is 2. The average Bonchev–Trinajstić information content (AvgIpc) is 3.23. The fourth-order valence-electron chi connectivity index (χ4n) is 6.04. The molecule has 11 heteroatoms. The number of aryl methyl sites for hydroxylation is 1. The van der Waals surface area contributed by atoms with Crippen molar-refractivity contribution in [2.75, 3.05) is 30.9 Å². The molecule has 3 aromatic carbocycles. The van der Waals surface area contributed by atoms with Gasteiger partial charge in [0.05, 0.1) is 31.9 Å². The van der Waals surface area contributed by atoms with E-state index in [0.29, 0.717) is 30.1 Å². The number of nitrogens with zero attached hydrogens (tertiary/aromatic N) is 2. The third-order valence-electron chi connectivity index (χ3n) is 8.69. The molecule has 49 heavy (non-hydrogen) atoms. The summed E-state index contributed by atoms with van der Waals surface area (Å²) in [6.45, 7) is 12.0. The van der Waals surface area contributed by atoms with Gasteiger partial charge in [0.25, 0.3) is 5.91 Å². The van der Waals surface area contributed by atoms with Crippen molar-refractivity contribution in [3.8, 4) is 5.75 Å². The van der Waals surface area contributed by atoms with E-state index in [0.717, 1.165) is 16.7 Å². The van der Waals surface area contributed by atoms with Crippen molar-refractivity contribution in [3.05, 3.63) is 89.5 Å². The van der Waals surface area contributed by atoms with E-state index < -0.39 is 17.6 Å². The highest BCUT2D eigenvalue weighted by Gasteiger charge is 2.53. The summed E-state index contributed by atoms with van der Waals surface area (Å²) in [5.74, 6) is -0.00388. The van der Waals surface area contributed by atoms with Gasteiger partial charge in [-0.25, -0.2) is 9.59 Å². The Kier molecular flexibility index (Phi) is 12.4. The Balaban J connectivity index is 1.52. The molecule has 0 radical (unpaired) electrons. The number of methoxy groups -OCH3 is 1. The van der Waals surface area contributed by atoms with Gasteiger partial charge in [-0.3, -0.25) is 14.5 Å². The Morgan fingerprint density at radius 3 is 2.24 bits per heavy atom. The third-order valence-corrected chi connectivity index (χ3v) is 8.69. The number of benzene rings is 3. The number of anilines is 2. The number of ether oxygens (including phenoxy) is 2. The first-order valence-corrected chi connectivity index (χ1v) is 16.7. The first-order chi connectivity index (χ1) is 23.3. The number of amides is 5. The summed E-state index contributed by atoms with van der Waals surface area (Å²) >= 11 is 0. The van der Waals surface area contributed by atoms with Crippen molar-refractivity contribution in [2.45, 2.75) is 78.6 Å². The van der Waals surface area contributed by atoms with Crippen molar-refractivity contribution < 1.29 is 28.7 Å². The van der Waals surface area contributed by atoms with Crippen molar-refractivity contribution in [2.24, 2.45) is 5.92 Å². The van der Waals surface area contributed by atoms with Crippen LogP contribution in [-0.2, 0) is 20.9 Å². The summed E-state index contributed by atoms with van der Waals surface area (Å²) in [5.41, 5.74) is 2.61. The molecular formula is C38H49N5O6. The van der Waals surface area contributed by atoms with Crippen LogP contribution < -0.4 is 20.7 Å². The normalized spacial score (nSPS) is 15.3. The van der Waals surface area contributed by atoms with E-state index in [1.807, 2.05) is 61.5 Å². The molecule has 3 aromatic rings. The molecule has 0 spiro atoms. The topological polar surface area (TPSA) is 129 Å². The van der Waals surface area contributed by atoms with Crippen LogP contribution in [0.1, 0.15) is 70.2 Å². The molecule has 0 aliphatic carbocycles. The second-order valence-corrected chi connectivity index (χ2v) is 13.2. The fourth-order valence-corrected chi connectivity index (χ4v) is 6.04. The van der Waals surface area contributed by atoms with Gasteiger partial charge in [-0.05, 0) is 74.9 Å². The predicted molar refractivity (Wildman–Crippen MR) is 190 cm³/mol. The molecule has 1 aliphatic heterocycles. The summed E-state index contributed by atoms with van der Waals surface area (Å²) in [4.78, 5) is 56.3. The Hall–Kier alpha value is -4.90. The number of imide groups is 1. The van der Waals surface area contributed by atoms with Crippen LogP contribution in [0.15, 0.2) is 72.8 Å². The number of carbonyl (C=O) groups excluding carboxylic acids is 4. The van der Waals surface area contributed by atoms with E-state index in [2.05, 4.69) is 29.8 Å². The molecule has 3 N–H and O–H groups in total. The van der Waals surface area contributed by atoms with Crippen molar-refractivity contribution >= 4 is 35.3 Å². The lowest BCUT2D eigenvalue weighted by Crippen LogP contribution is -2.48. The second-order valence-electron chi connectivity index (χ2n) is 13.2. The number of esters is 1. The molecule has 4 rings (SSSR count). The lowest BCUT2D eigenvalue weighted by molar-refractivity contribution is -0.144. The summed E-state index contributed by atoms with van der Waals surface area (Å²) in [6, 6.07) is 20.8. The highest BCUT2D eigenvalue weighted by Crippen LogP contribution is 2.34. The lowest BCUT2D eigenvalue weighted by Gasteiger charge is -2.30. The Bertz CT molecular complexity index is 1630. The van der Waals surface area contributed by atoms with Gasteiger partial charge in [0.2, 0.25) is 0 Å². The number of para-hydroxylation sites is 1. The molecule has 0 saturated carbocycles. The second kappa shape index (κ2) is 16.5. The van der Waals surface area contributed by atoms with Gasteiger partial charge in [-0.2, -0.15) is 0 Å². The zero-order valence-electron chi connectivity index (χ0n) is 29.5. The van der Waals surface area contributed by atoms with E-state index in [-0.39, 0.29) is 49.4 Å². The Labute approximate surface area is 289 Å². The zero-order chi connectivity index (χ0) is 35.7. The smallest absolute Gasteiger partial charge is 0.328 e. The van der Waals surface area contributed by atoms with Gasteiger partial charge in [-0.15, -0.1) is 0 Å². The molecule has 2 atom stereocenters. The summed E-state index contributed by atoms with van der Waals surface area (Å²) in [5, 5.41) is 9.15. The summed E-state index contributed by atoms with van der Waals surface area (Å²) < 4.78 is 10.8. The third kappa shape index (κ3) is 9.17. The van der Waals surface area contributed by atoms with E-state index in [1.165, 1.54) is 12.0 Å². The van der Waals surface area contributed by atoms with Gasteiger partial charge >= 0.3 is 18.0 Å². The Morgan fingerprint density at radius 2 is 1.59 bits per heavy atom. The number of rotatable bonds is 15. The quantitative estimate of drug-likeness (QED) is 0.119. The minimum atomic E-state index is -1.12.